The van der Waals surface area contributed by atoms with Crippen LogP contribution < -0.4 is 15.0 Å². The minimum absolute atomic E-state index is 0.251. The number of halogens is 1. The molecule has 2 aromatic rings. The zero-order valence-corrected chi connectivity index (χ0v) is 15.7. The summed E-state index contributed by atoms with van der Waals surface area (Å²) in [6, 6.07) is 10.9. The van der Waals surface area contributed by atoms with Crippen LogP contribution in [-0.4, -0.2) is 55.1 Å². The van der Waals surface area contributed by atoms with Gasteiger partial charge in [0.2, 0.25) is 0 Å². The Morgan fingerprint density at radius 1 is 1.19 bits per heavy atom. The van der Waals surface area contributed by atoms with Crippen LogP contribution in [0, 0.1) is 0 Å². The lowest BCUT2D eigenvalue weighted by Crippen LogP contribution is -2.44. The third-order valence-corrected chi connectivity index (χ3v) is 4.66. The van der Waals surface area contributed by atoms with Crippen LogP contribution in [0.1, 0.15) is 6.92 Å². The van der Waals surface area contributed by atoms with Crippen molar-refractivity contribution >= 4 is 29.0 Å². The Bertz CT molecular complexity index is 745. The maximum atomic E-state index is 12.3. The molecule has 1 aliphatic heterocycles. The average Bonchev–Trinajstić information content (AvgIpc) is 2.65. The van der Waals surface area contributed by atoms with Gasteiger partial charge in [-0.05, 0) is 38.2 Å². The summed E-state index contributed by atoms with van der Waals surface area (Å²) in [5.41, 5.74) is 0.641. The third kappa shape index (κ3) is 4.65. The van der Waals surface area contributed by atoms with Gasteiger partial charge >= 0.3 is 0 Å². The molecule has 1 unspecified atom stereocenters. The summed E-state index contributed by atoms with van der Waals surface area (Å²) in [7, 11) is 2.12. The Morgan fingerprint density at radius 3 is 2.58 bits per heavy atom. The molecule has 0 bridgehead atoms. The summed E-state index contributed by atoms with van der Waals surface area (Å²) < 4.78 is 5.63. The molecule has 1 saturated heterocycles. The van der Waals surface area contributed by atoms with Gasteiger partial charge < -0.3 is 19.9 Å². The van der Waals surface area contributed by atoms with E-state index in [-0.39, 0.29) is 5.91 Å². The summed E-state index contributed by atoms with van der Waals surface area (Å²) in [4.78, 5) is 21.3. The second-order valence-electron chi connectivity index (χ2n) is 6.38. The lowest BCUT2D eigenvalue weighted by molar-refractivity contribution is -0.122. The summed E-state index contributed by atoms with van der Waals surface area (Å²) in [5, 5.41) is 3.30. The van der Waals surface area contributed by atoms with Crippen LogP contribution in [-0.2, 0) is 4.79 Å². The number of carbonyl (C=O) groups excluding carboxylic acids is 1. The molecule has 0 spiro atoms. The number of para-hydroxylation sites is 1. The summed E-state index contributed by atoms with van der Waals surface area (Å²) >= 11 is 6.06. The smallest absolute Gasteiger partial charge is 0.265 e. The first-order valence-corrected chi connectivity index (χ1v) is 9.02. The summed E-state index contributed by atoms with van der Waals surface area (Å²) in [6.07, 6.45) is 1.00. The molecule has 7 heteroatoms. The van der Waals surface area contributed by atoms with E-state index in [9.17, 15) is 4.79 Å². The fourth-order valence-electron chi connectivity index (χ4n) is 2.71. The molecule has 6 nitrogen and oxygen atoms in total. The van der Waals surface area contributed by atoms with Gasteiger partial charge in [0, 0.05) is 26.2 Å². The fraction of sp³-hybridized carbons (Fsp3) is 0.368. The van der Waals surface area contributed by atoms with Gasteiger partial charge in [-0.25, -0.2) is 4.98 Å². The Balaban J connectivity index is 1.56. The zero-order chi connectivity index (χ0) is 18.5. The van der Waals surface area contributed by atoms with Gasteiger partial charge in [0.1, 0.15) is 11.6 Å². The lowest BCUT2D eigenvalue weighted by atomic mass is 10.3. The first-order valence-electron chi connectivity index (χ1n) is 8.64. The summed E-state index contributed by atoms with van der Waals surface area (Å²) in [5.74, 6) is 1.16. The number of hydrogen-bond donors (Lipinski definition) is 1. The average molecular weight is 375 g/mol. The van der Waals surface area contributed by atoms with Crippen LogP contribution >= 0.6 is 11.6 Å². The van der Waals surface area contributed by atoms with Gasteiger partial charge in [-0.2, -0.15) is 0 Å². The van der Waals surface area contributed by atoms with E-state index in [4.69, 9.17) is 16.3 Å². The van der Waals surface area contributed by atoms with E-state index in [1.54, 1.807) is 25.3 Å². The van der Waals surface area contributed by atoms with E-state index in [2.05, 4.69) is 27.1 Å². The summed E-state index contributed by atoms with van der Waals surface area (Å²) in [6.45, 7) is 5.65. The highest BCUT2D eigenvalue weighted by Crippen LogP contribution is 2.24. The molecule has 3 rings (SSSR count). The quantitative estimate of drug-likeness (QED) is 0.872. The van der Waals surface area contributed by atoms with Gasteiger partial charge in [0.25, 0.3) is 5.91 Å². The molecule has 1 aromatic heterocycles. The number of aromatic nitrogens is 1. The first kappa shape index (κ1) is 18.5. The Labute approximate surface area is 158 Å². The monoisotopic (exact) mass is 374 g/mol. The number of nitrogens with one attached hydrogen (secondary N) is 1. The highest BCUT2D eigenvalue weighted by Gasteiger charge is 2.18. The fourth-order valence-corrected chi connectivity index (χ4v) is 2.89. The van der Waals surface area contributed by atoms with Gasteiger partial charge in [-0.1, -0.05) is 23.7 Å². The van der Waals surface area contributed by atoms with Crippen LogP contribution in [0.5, 0.6) is 5.75 Å². The van der Waals surface area contributed by atoms with Crippen molar-refractivity contribution in [2.75, 3.05) is 43.4 Å². The number of nitrogens with zero attached hydrogens (tertiary/aromatic N) is 3. The minimum atomic E-state index is -0.674. The molecule has 2 heterocycles. The lowest BCUT2D eigenvalue weighted by Gasteiger charge is -2.33. The van der Waals surface area contributed by atoms with Gasteiger partial charge in [-0.15, -0.1) is 0 Å². The van der Waals surface area contributed by atoms with Crippen LogP contribution in [0.3, 0.4) is 0 Å². The first-order chi connectivity index (χ1) is 12.5. The molecule has 26 heavy (non-hydrogen) atoms. The highest BCUT2D eigenvalue weighted by molar-refractivity contribution is 6.32. The van der Waals surface area contributed by atoms with Crippen molar-refractivity contribution in [2.45, 2.75) is 13.0 Å². The van der Waals surface area contributed by atoms with Crippen molar-refractivity contribution in [2.24, 2.45) is 0 Å². The topological polar surface area (TPSA) is 57.7 Å². The third-order valence-electron chi connectivity index (χ3n) is 4.35. The van der Waals surface area contributed by atoms with E-state index in [0.29, 0.717) is 16.5 Å². The number of ether oxygens (including phenoxy) is 1. The predicted molar refractivity (Wildman–Crippen MR) is 104 cm³/mol. The van der Waals surface area contributed by atoms with Crippen molar-refractivity contribution in [3.63, 3.8) is 0 Å². The number of hydrogen-bond acceptors (Lipinski definition) is 5. The molecule has 1 atom stereocenters. The van der Waals surface area contributed by atoms with E-state index < -0.39 is 6.10 Å². The molecule has 1 N–H and O–H groups in total. The molecule has 0 radical (unpaired) electrons. The number of pyridine rings is 1. The van der Waals surface area contributed by atoms with E-state index in [1.807, 2.05) is 24.3 Å². The maximum Gasteiger partial charge on any atom is 0.265 e. The number of piperazine rings is 1. The van der Waals surface area contributed by atoms with E-state index in [0.717, 1.165) is 32.0 Å². The van der Waals surface area contributed by atoms with Crippen molar-refractivity contribution < 1.29 is 9.53 Å². The number of carbonyl (C=O) groups is 1. The van der Waals surface area contributed by atoms with Crippen molar-refractivity contribution in [1.29, 1.82) is 0 Å². The van der Waals surface area contributed by atoms with E-state index >= 15 is 0 Å². The number of likely N-dealkylation sites (N-methyl/N-ethyl adjacent to an activating group) is 1. The molecule has 1 aliphatic rings. The predicted octanol–water partition coefficient (Wildman–Crippen LogP) is 2.89. The molecule has 0 saturated carbocycles. The zero-order valence-electron chi connectivity index (χ0n) is 15.0. The maximum absolute atomic E-state index is 12.3. The number of anilines is 2. The van der Waals surface area contributed by atoms with Crippen molar-refractivity contribution in [3.05, 3.63) is 47.6 Å². The Kier molecular flexibility index (Phi) is 5.96. The number of benzene rings is 1. The standard InChI is InChI=1S/C19H23ClN4O2/c1-14(26-17-6-4-3-5-16(17)20)19(25)22-15-7-8-18(21-13-15)24-11-9-23(2)10-12-24/h3-8,13-14H,9-12H2,1-2H3,(H,22,25). The highest BCUT2D eigenvalue weighted by atomic mass is 35.5. The van der Waals surface area contributed by atoms with Crippen LogP contribution in [0.2, 0.25) is 5.02 Å². The second-order valence-corrected chi connectivity index (χ2v) is 6.78. The second kappa shape index (κ2) is 8.38. The molecular weight excluding hydrogens is 352 g/mol. The van der Waals surface area contributed by atoms with Gasteiger partial charge in [0.05, 0.1) is 16.9 Å². The van der Waals surface area contributed by atoms with E-state index in [1.165, 1.54) is 0 Å². The molecule has 0 aliphatic carbocycles. The van der Waals surface area contributed by atoms with Gasteiger partial charge in [-0.3, -0.25) is 4.79 Å². The molecule has 1 amide bonds. The number of amides is 1. The van der Waals surface area contributed by atoms with Crippen molar-refractivity contribution in [3.8, 4) is 5.75 Å². The molecular formula is C19H23ClN4O2. The number of rotatable bonds is 5. The largest absolute Gasteiger partial charge is 0.479 e. The van der Waals surface area contributed by atoms with Crippen LogP contribution in [0.4, 0.5) is 11.5 Å². The van der Waals surface area contributed by atoms with Gasteiger partial charge in [0.15, 0.2) is 6.10 Å². The van der Waals surface area contributed by atoms with Crippen LogP contribution in [0.15, 0.2) is 42.6 Å². The Morgan fingerprint density at radius 2 is 1.92 bits per heavy atom. The minimum Gasteiger partial charge on any atom is -0.479 e. The van der Waals surface area contributed by atoms with Crippen LogP contribution in [0.25, 0.3) is 0 Å². The SMILES string of the molecule is CC(Oc1ccccc1Cl)C(=O)Nc1ccc(N2CCN(C)CC2)nc1. The molecule has 1 fully saturated rings. The molecule has 1 aromatic carbocycles. The Hall–Kier alpha value is -2.31. The normalized spacial score (nSPS) is 16.2. The van der Waals surface area contributed by atoms with Crippen molar-refractivity contribution in [1.82, 2.24) is 9.88 Å². The molecule has 138 valence electrons.